The first kappa shape index (κ1) is 43.4. The first-order chi connectivity index (χ1) is 27.0. The number of ether oxygens (including phenoxy) is 6. The predicted octanol–water partition coefficient (Wildman–Crippen LogP) is 2.35. The van der Waals surface area contributed by atoms with Gasteiger partial charge in [-0.3, -0.25) is 4.79 Å². The fourth-order valence-corrected chi connectivity index (χ4v) is 14.5. The van der Waals surface area contributed by atoms with Gasteiger partial charge in [0.25, 0.3) is 0 Å². The van der Waals surface area contributed by atoms with Gasteiger partial charge in [0, 0.05) is 29.1 Å². The normalized spacial score (nSPS) is 57.1. The number of aliphatic hydroxyl groups is 7. The molecule has 14 nitrogen and oxygen atoms in total. The van der Waals surface area contributed by atoms with Gasteiger partial charge in [-0.25, -0.2) is 0 Å². The third kappa shape index (κ3) is 5.97. The van der Waals surface area contributed by atoms with Gasteiger partial charge in [-0.15, -0.1) is 0 Å². The number of fused-ring (bicyclic) bond motifs is 4. The monoisotopic (exact) mass is 822 g/mol. The van der Waals surface area contributed by atoms with Gasteiger partial charge >= 0.3 is 5.97 Å². The highest BCUT2D eigenvalue weighted by molar-refractivity contribution is 5.65. The number of hydrogen-bond acceptors (Lipinski definition) is 14. The molecule has 330 valence electrons. The maximum atomic E-state index is 12.2. The number of esters is 1. The molecular weight excluding hydrogens is 752 g/mol. The summed E-state index contributed by atoms with van der Waals surface area (Å²) in [4.78, 5) is 11.4. The van der Waals surface area contributed by atoms with E-state index in [0.717, 1.165) is 38.5 Å². The Bertz CT molecular complexity index is 1610. The van der Waals surface area contributed by atoms with Gasteiger partial charge in [-0.05, 0) is 86.4 Å². The Labute approximate surface area is 342 Å². The Morgan fingerprint density at radius 3 is 2.19 bits per heavy atom. The third-order valence-electron chi connectivity index (χ3n) is 18.2. The van der Waals surface area contributed by atoms with E-state index in [4.69, 9.17) is 28.4 Å². The molecular formula is C44H70O14. The minimum absolute atomic E-state index is 0.0264. The largest absolute Gasteiger partial charge is 0.463 e. The molecule has 0 radical (unpaired) electrons. The topological polar surface area (TPSA) is 214 Å². The van der Waals surface area contributed by atoms with E-state index in [0.29, 0.717) is 19.4 Å². The minimum atomic E-state index is -1.76. The standard InChI is InChI=1S/C44H70O14/c1-22-30(48)35(58-36-33(51)32(50)31(49)24(56-36)19-53-23(2)46)34(52)37(55-22)57-29-11-12-39(5)25(40(29,6)20-45)9-13-41(7)26(39)10-14-44-27-17-38(3,4)15-16-43(27,21-54-44)28(47)18-42(41,44)8/h10,14,22,24-37,45,47-52H,9,11-13,15-21H2,1-8H3/t22-,24-,25-,26-,27+,28-,29+,30+,31-,32+,33-,34-,35+,36+,37+,39+,40+,41-,42+,43-,44+/m1/s1. The molecule has 4 saturated carbocycles. The van der Waals surface area contributed by atoms with Crippen molar-refractivity contribution in [3.05, 3.63) is 12.2 Å². The van der Waals surface area contributed by atoms with Gasteiger partial charge in [0.2, 0.25) is 0 Å². The van der Waals surface area contributed by atoms with E-state index >= 15 is 0 Å². The zero-order valence-corrected chi connectivity index (χ0v) is 35.6. The molecule has 0 amide bonds. The summed E-state index contributed by atoms with van der Waals surface area (Å²) in [6.07, 6.45) is -3.78. The van der Waals surface area contributed by atoms with Crippen LogP contribution in [-0.4, -0.2) is 141 Å². The molecule has 3 aliphatic heterocycles. The van der Waals surface area contributed by atoms with Crippen molar-refractivity contribution in [3.8, 4) is 0 Å². The lowest BCUT2D eigenvalue weighted by atomic mass is 9.32. The molecule has 7 N–H and O–H groups in total. The van der Waals surface area contributed by atoms with E-state index in [9.17, 15) is 40.5 Å². The number of rotatable bonds is 7. The molecule has 3 saturated heterocycles. The highest BCUT2D eigenvalue weighted by Crippen LogP contribution is 2.79. The van der Waals surface area contributed by atoms with Crippen molar-refractivity contribution in [3.63, 3.8) is 0 Å². The fourth-order valence-electron chi connectivity index (χ4n) is 14.5. The van der Waals surface area contributed by atoms with Crippen LogP contribution < -0.4 is 0 Å². The zero-order valence-electron chi connectivity index (χ0n) is 35.6. The van der Waals surface area contributed by atoms with Gasteiger partial charge in [-0.1, -0.05) is 53.7 Å². The Kier molecular flexibility index (Phi) is 10.8. The lowest BCUT2D eigenvalue weighted by molar-refractivity contribution is -0.367. The van der Waals surface area contributed by atoms with Crippen LogP contribution in [0.3, 0.4) is 0 Å². The maximum Gasteiger partial charge on any atom is 0.302 e. The van der Waals surface area contributed by atoms with Crippen molar-refractivity contribution in [1.82, 2.24) is 0 Å². The molecule has 8 aliphatic rings. The number of carbonyl (C=O) groups is 1. The number of hydrogen-bond donors (Lipinski definition) is 7. The van der Waals surface area contributed by atoms with Crippen LogP contribution in [0, 0.1) is 50.2 Å². The van der Waals surface area contributed by atoms with Crippen LogP contribution in [0.1, 0.15) is 107 Å². The highest BCUT2D eigenvalue weighted by Gasteiger charge is 2.79. The smallest absolute Gasteiger partial charge is 0.302 e. The molecule has 5 aliphatic carbocycles. The summed E-state index contributed by atoms with van der Waals surface area (Å²) < 4.78 is 36.5. The molecule has 0 aromatic heterocycles. The molecule has 1 spiro atoms. The quantitative estimate of drug-likeness (QED) is 0.112. The highest BCUT2D eigenvalue weighted by atomic mass is 16.7. The van der Waals surface area contributed by atoms with E-state index in [2.05, 4.69) is 53.7 Å². The Morgan fingerprint density at radius 2 is 1.50 bits per heavy atom. The molecule has 0 aromatic carbocycles. The van der Waals surface area contributed by atoms with Gasteiger partial charge < -0.3 is 64.2 Å². The van der Waals surface area contributed by atoms with Gasteiger partial charge in [-0.2, -0.15) is 0 Å². The van der Waals surface area contributed by atoms with E-state index in [1.807, 2.05) is 0 Å². The van der Waals surface area contributed by atoms with Crippen LogP contribution in [-0.2, 0) is 33.2 Å². The Morgan fingerprint density at radius 1 is 0.793 bits per heavy atom. The molecule has 7 fully saturated rings. The summed E-state index contributed by atoms with van der Waals surface area (Å²) in [5, 5.41) is 78.2. The first-order valence-corrected chi connectivity index (χ1v) is 21.8. The second-order valence-electron chi connectivity index (χ2n) is 21.6. The van der Waals surface area contributed by atoms with Crippen molar-refractivity contribution in [2.75, 3.05) is 19.8 Å². The molecule has 3 heterocycles. The fraction of sp³-hybridized carbons (Fsp3) is 0.932. The van der Waals surface area contributed by atoms with E-state index < -0.39 is 97.2 Å². The number of carbonyl (C=O) groups excluding carboxylic acids is 1. The van der Waals surface area contributed by atoms with Crippen LogP contribution >= 0.6 is 0 Å². The molecule has 21 atom stereocenters. The van der Waals surface area contributed by atoms with E-state index in [1.54, 1.807) is 6.92 Å². The summed E-state index contributed by atoms with van der Waals surface area (Å²) in [5.41, 5.74) is -1.98. The maximum absolute atomic E-state index is 12.2. The summed E-state index contributed by atoms with van der Waals surface area (Å²) in [6.45, 7) is 16.8. The summed E-state index contributed by atoms with van der Waals surface area (Å²) in [5.74, 6) is -0.223. The van der Waals surface area contributed by atoms with Crippen molar-refractivity contribution >= 4 is 5.97 Å². The number of allylic oxidation sites excluding steroid dienone is 1. The van der Waals surface area contributed by atoms with Crippen LogP contribution in [0.2, 0.25) is 0 Å². The van der Waals surface area contributed by atoms with Gasteiger partial charge in [0.05, 0.1) is 37.1 Å². The Balaban J connectivity index is 1.03. The average molecular weight is 823 g/mol. The van der Waals surface area contributed by atoms with Crippen molar-refractivity contribution in [2.24, 2.45) is 50.2 Å². The molecule has 0 aromatic rings. The van der Waals surface area contributed by atoms with Crippen LogP contribution in [0.25, 0.3) is 0 Å². The first-order valence-electron chi connectivity index (χ1n) is 21.8. The van der Waals surface area contributed by atoms with Gasteiger partial charge in [0.15, 0.2) is 12.6 Å². The lowest BCUT2D eigenvalue weighted by Crippen LogP contribution is -2.72. The molecule has 2 bridgehead atoms. The zero-order chi connectivity index (χ0) is 42.2. The van der Waals surface area contributed by atoms with Crippen LogP contribution in [0.5, 0.6) is 0 Å². The van der Waals surface area contributed by atoms with Crippen molar-refractivity contribution in [2.45, 2.75) is 186 Å². The second-order valence-corrected chi connectivity index (χ2v) is 21.6. The molecule has 8 rings (SSSR count). The SMILES string of the molecule is CC(=O)OC[C@H]1O[C@@H](O[C@H]2[C@@H](O)[C@@H](C)O[C@@H](O[C@H]3CC[C@@]4(C)[C@@H](CC[C@]5(C)[C@@H]4C=C[C@]46OC[C@@]7(CCC(C)(C)C[C@@H]74)[C@H](O)C[C@]65C)[C@]3(C)CO)[C@@H]2O)[C@H](O)[C@@H](O)[C@@H]1O. The van der Waals surface area contributed by atoms with Crippen molar-refractivity contribution < 1.29 is 69.0 Å². The summed E-state index contributed by atoms with van der Waals surface area (Å²) in [6, 6.07) is 0. The number of aliphatic hydroxyl groups excluding tert-OH is 7. The molecule has 14 heteroatoms. The summed E-state index contributed by atoms with van der Waals surface area (Å²) >= 11 is 0. The third-order valence-corrected chi connectivity index (χ3v) is 18.2. The Hall–Kier alpha value is -1.27. The van der Waals surface area contributed by atoms with E-state index in [-0.39, 0.29) is 51.4 Å². The molecule has 58 heavy (non-hydrogen) atoms. The minimum Gasteiger partial charge on any atom is -0.463 e. The summed E-state index contributed by atoms with van der Waals surface area (Å²) in [7, 11) is 0. The van der Waals surface area contributed by atoms with Crippen LogP contribution in [0.15, 0.2) is 12.2 Å². The predicted molar refractivity (Wildman–Crippen MR) is 206 cm³/mol. The lowest BCUT2D eigenvalue weighted by Gasteiger charge is -2.73. The average Bonchev–Trinajstić information content (AvgIpc) is 3.44. The van der Waals surface area contributed by atoms with Crippen LogP contribution in [0.4, 0.5) is 0 Å². The van der Waals surface area contributed by atoms with Crippen molar-refractivity contribution in [1.29, 1.82) is 0 Å². The molecule has 0 unspecified atom stereocenters. The van der Waals surface area contributed by atoms with E-state index in [1.165, 1.54) is 6.92 Å². The second kappa shape index (κ2) is 14.4. The van der Waals surface area contributed by atoms with Gasteiger partial charge in [0.1, 0.15) is 49.3 Å².